The van der Waals surface area contributed by atoms with Crippen molar-refractivity contribution in [1.82, 2.24) is 4.90 Å². The van der Waals surface area contributed by atoms with Crippen LogP contribution in [0.4, 0.5) is 0 Å². The fourth-order valence-electron chi connectivity index (χ4n) is 2.56. The smallest absolute Gasteiger partial charge is 0.284 e. The van der Waals surface area contributed by atoms with Gasteiger partial charge in [0.25, 0.3) is 10.0 Å². The van der Waals surface area contributed by atoms with Gasteiger partial charge < -0.3 is 14.7 Å². The molecule has 0 bridgehead atoms. The van der Waals surface area contributed by atoms with Gasteiger partial charge in [0, 0.05) is 18.7 Å². The van der Waals surface area contributed by atoms with E-state index >= 15 is 0 Å². The summed E-state index contributed by atoms with van der Waals surface area (Å²) in [6.45, 7) is 4.05. The molecular weight excluding hydrogens is 340 g/mol. The van der Waals surface area contributed by atoms with Gasteiger partial charge in [0.1, 0.15) is 11.6 Å². The van der Waals surface area contributed by atoms with Crippen LogP contribution >= 0.6 is 0 Å². The van der Waals surface area contributed by atoms with Crippen molar-refractivity contribution in [2.45, 2.75) is 11.8 Å². The second kappa shape index (κ2) is 7.25. The number of rotatable bonds is 3. The Labute approximate surface area is 147 Å². The molecule has 0 aromatic heterocycles. The number of hydrogen-bond donors (Lipinski definition) is 1. The molecule has 1 aliphatic rings. The molecule has 1 fully saturated rings. The lowest BCUT2D eigenvalue weighted by Crippen LogP contribution is -2.41. The number of nitrogens with zero attached hydrogens (tertiary/aromatic N) is 2. The average Bonchev–Trinajstić information content (AvgIpc) is 2.62. The molecule has 0 atom stereocenters. The zero-order valence-corrected chi connectivity index (χ0v) is 14.7. The molecule has 0 unspecified atom stereocenters. The Kier molecular flexibility index (Phi) is 5.06. The number of phenols is 1. The highest BCUT2D eigenvalue weighted by atomic mass is 32.2. The lowest BCUT2D eigenvalue weighted by atomic mass is 10.2. The Morgan fingerprint density at radius 3 is 2.24 bits per heavy atom. The van der Waals surface area contributed by atoms with E-state index in [9.17, 15) is 13.5 Å². The Balaban J connectivity index is 2.04. The number of sulfonamides is 1. The first-order valence-electron chi connectivity index (χ1n) is 7.99. The van der Waals surface area contributed by atoms with Crippen LogP contribution in [0.5, 0.6) is 5.75 Å². The van der Waals surface area contributed by atoms with Crippen molar-refractivity contribution in [2.75, 3.05) is 26.3 Å². The monoisotopic (exact) mass is 360 g/mol. The predicted octanol–water partition coefficient (Wildman–Crippen LogP) is 2.17. The van der Waals surface area contributed by atoms with Gasteiger partial charge in [-0.3, -0.25) is 0 Å². The minimum absolute atomic E-state index is 0.117. The maximum Gasteiger partial charge on any atom is 0.284 e. The number of hydrogen-bond acceptors (Lipinski definition) is 4. The molecule has 1 N–H and O–H groups in total. The molecule has 2 aromatic carbocycles. The second-order valence-electron chi connectivity index (χ2n) is 5.85. The number of morpholine rings is 1. The van der Waals surface area contributed by atoms with Gasteiger partial charge in [-0.15, -0.1) is 4.40 Å². The van der Waals surface area contributed by atoms with Crippen LogP contribution in [0.15, 0.2) is 57.8 Å². The molecule has 1 aliphatic heterocycles. The van der Waals surface area contributed by atoms with Crippen LogP contribution in [0.3, 0.4) is 0 Å². The first kappa shape index (κ1) is 17.4. The summed E-state index contributed by atoms with van der Waals surface area (Å²) in [6, 6.07) is 13.0. The van der Waals surface area contributed by atoms with E-state index in [1.54, 1.807) is 36.4 Å². The number of aromatic hydroxyl groups is 1. The van der Waals surface area contributed by atoms with Gasteiger partial charge in [0.2, 0.25) is 0 Å². The maximum atomic E-state index is 12.7. The highest BCUT2D eigenvalue weighted by Crippen LogP contribution is 2.18. The lowest BCUT2D eigenvalue weighted by molar-refractivity contribution is 0.0683. The highest BCUT2D eigenvalue weighted by Gasteiger charge is 2.21. The molecule has 0 aliphatic carbocycles. The Bertz CT molecular complexity index is 853. The van der Waals surface area contributed by atoms with Crippen molar-refractivity contribution in [3.63, 3.8) is 0 Å². The molecule has 7 heteroatoms. The van der Waals surface area contributed by atoms with E-state index in [1.807, 2.05) is 11.8 Å². The van der Waals surface area contributed by atoms with Crippen molar-refractivity contribution < 1.29 is 18.3 Å². The van der Waals surface area contributed by atoms with Crippen LogP contribution in [0.1, 0.15) is 11.1 Å². The topological polar surface area (TPSA) is 79.2 Å². The van der Waals surface area contributed by atoms with E-state index in [-0.39, 0.29) is 10.6 Å². The Morgan fingerprint density at radius 2 is 1.64 bits per heavy atom. The van der Waals surface area contributed by atoms with Gasteiger partial charge >= 0.3 is 0 Å². The molecule has 25 heavy (non-hydrogen) atoms. The summed E-state index contributed by atoms with van der Waals surface area (Å²) in [7, 11) is -3.84. The molecule has 6 nitrogen and oxygen atoms in total. The molecule has 0 saturated carbocycles. The number of ether oxygens (including phenoxy) is 1. The van der Waals surface area contributed by atoms with Crippen LogP contribution in [0.25, 0.3) is 0 Å². The van der Waals surface area contributed by atoms with E-state index in [1.165, 1.54) is 12.1 Å². The summed E-state index contributed by atoms with van der Waals surface area (Å²) in [4.78, 5) is 2.05. The summed E-state index contributed by atoms with van der Waals surface area (Å²) in [5.74, 6) is 0.482. The standard InChI is InChI=1S/C18H20N2O4S/c1-14-2-8-17(9-3-14)25(22,23)19-18(20-10-12-24-13-11-20)15-4-6-16(21)7-5-15/h2-9,21H,10-13H2,1H3/b19-18-. The largest absolute Gasteiger partial charge is 0.508 e. The van der Waals surface area contributed by atoms with E-state index < -0.39 is 10.0 Å². The third-order valence-corrected chi connectivity index (χ3v) is 5.24. The van der Waals surface area contributed by atoms with Crippen molar-refractivity contribution in [3.8, 4) is 5.75 Å². The van der Waals surface area contributed by atoms with E-state index in [0.29, 0.717) is 37.7 Å². The van der Waals surface area contributed by atoms with Crippen LogP contribution in [-0.2, 0) is 14.8 Å². The molecule has 2 aromatic rings. The minimum atomic E-state index is -3.84. The predicted molar refractivity (Wildman–Crippen MR) is 95.4 cm³/mol. The van der Waals surface area contributed by atoms with Crippen LogP contribution in [0.2, 0.25) is 0 Å². The quantitative estimate of drug-likeness (QED) is 0.670. The number of benzene rings is 2. The molecule has 132 valence electrons. The van der Waals surface area contributed by atoms with Crippen molar-refractivity contribution >= 4 is 15.9 Å². The average molecular weight is 360 g/mol. The van der Waals surface area contributed by atoms with Gasteiger partial charge in [-0.2, -0.15) is 8.42 Å². The molecule has 1 saturated heterocycles. The molecule has 0 radical (unpaired) electrons. The summed E-state index contributed by atoms with van der Waals surface area (Å²) in [5, 5.41) is 9.49. The Hall–Kier alpha value is -2.38. The lowest BCUT2D eigenvalue weighted by Gasteiger charge is -2.29. The summed E-state index contributed by atoms with van der Waals surface area (Å²) in [6.07, 6.45) is 0. The Morgan fingerprint density at radius 1 is 1.04 bits per heavy atom. The third-order valence-electron chi connectivity index (χ3n) is 3.96. The number of phenolic OH excluding ortho intramolecular Hbond substituents is 1. The SMILES string of the molecule is Cc1ccc(S(=O)(=O)/N=C(/c2ccc(O)cc2)N2CCOCC2)cc1. The molecule has 3 rings (SSSR count). The van der Waals surface area contributed by atoms with Gasteiger partial charge in [-0.05, 0) is 43.3 Å². The van der Waals surface area contributed by atoms with Crippen molar-refractivity contribution in [1.29, 1.82) is 0 Å². The minimum Gasteiger partial charge on any atom is -0.508 e. The second-order valence-corrected chi connectivity index (χ2v) is 7.45. The van der Waals surface area contributed by atoms with E-state index in [4.69, 9.17) is 4.74 Å². The summed E-state index contributed by atoms with van der Waals surface area (Å²) in [5.41, 5.74) is 1.62. The van der Waals surface area contributed by atoms with Gasteiger partial charge in [-0.1, -0.05) is 17.7 Å². The maximum absolute atomic E-state index is 12.7. The zero-order valence-electron chi connectivity index (χ0n) is 13.9. The summed E-state index contributed by atoms with van der Waals surface area (Å²) >= 11 is 0. The van der Waals surface area contributed by atoms with Gasteiger partial charge in [0.15, 0.2) is 0 Å². The fourth-order valence-corrected chi connectivity index (χ4v) is 3.59. The van der Waals surface area contributed by atoms with Crippen molar-refractivity contribution in [2.24, 2.45) is 4.40 Å². The van der Waals surface area contributed by atoms with E-state index in [0.717, 1.165) is 5.56 Å². The third kappa shape index (κ3) is 4.18. The molecule has 0 amide bonds. The first-order chi connectivity index (χ1) is 12.0. The molecule has 1 heterocycles. The first-order valence-corrected chi connectivity index (χ1v) is 9.43. The fraction of sp³-hybridized carbons (Fsp3) is 0.278. The normalized spacial score (nSPS) is 16.0. The number of aryl methyl sites for hydroxylation is 1. The highest BCUT2D eigenvalue weighted by molar-refractivity contribution is 7.90. The molecular formula is C18H20N2O4S. The summed E-state index contributed by atoms with van der Waals surface area (Å²) < 4.78 is 34.9. The van der Waals surface area contributed by atoms with Crippen LogP contribution < -0.4 is 0 Å². The van der Waals surface area contributed by atoms with E-state index in [2.05, 4.69) is 4.40 Å². The van der Waals surface area contributed by atoms with Crippen LogP contribution in [-0.4, -0.2) is 50.6 Å². The van der Waals surface area contributed by atoms with Gasteiger partial charge in [0.05, 0.1) is 18.1 Å². The number of amidine groups is 1. The zero-order chi connectivity index (χ0) is 17.9. The molecule has 0 spiro atoms. The van der Waals surface area contributed by atoms with Gasteiger partial charge in [-0.25, -0.2) is 0 Å². The van der Waals surface area contributed by atoms with Crippen molar-refractivity contribution in [3.05, 3.63) is 59.7 Å². The van der Waals surface area contributed by atoms with Crippen LogP contribution in [0, 0.1) is 6.92 Å².